The van der Waals surface area contributed by atoms with Gasteiger partial charge in [-0.15, -0.1) is 0 Å². The van der Waals surface area contributed by atoms with E-state index in [0.717, 1.165) is 15.8 Å². The maximum Gasteiger partial charge on any atom is 0.480 e. The second-order valence-corrected chi connectivity index (χ2v) is 6.95. The smallest absolute Gasteiger partial charge is 0.480 e. The van der Waals surface area contributed by atoms with E-state index in [0.29, 0.717) is 0 Å². The second kappa shape index (κ2) is 5.33. The minimum absolute atomic E-state index is 0.394. The molecule has 2 rings (SSSR count). The van der Waals surface area contributed by atoms with Crippen LogP contribution in [-0.4, -0.2) is 25.4 Å². The molecule has 110 valence electrons. The first-order valence-corrected chi connectivity index (χ1v) is 7.42. The SMILES string of the molecule is COc1ccc(Br)cc1[C@@H](N)B1OC(C)(C)C(C)(C)O1. The van der Waals surface area contributed by atoms with Gasteiger partial charge >= 0.3 is 7.12 Å². The lowest BCUT2D eigenvalue weighted by Gasteiger charge is -2.32. The van der Waals surface area contributed by atoms with Crippen molar-refractivity contribution < 1.29 is 14.0 Å². The van der Waals surface area contributed by atoms with Gasteiger partial charge in [0, 0.05) is 10.0 Å². The van der Waals surface area contributed by atoms with Crippen molar-refractivity contribution in [2.75, 3.05) is 7.11 Å². The van der Waals surface area contributed by atoms with Crippen LogP contribution >= 0.6 is 15.9 Å². The lowest BCUT2D eigenvalue weighted by Crippen LogP contribution is -2.41. The number of halogens is 1. The van der Waals surface area contributed by atoms with E-state index < -0.39 is 24.3 Å². The minimum atomic E-state index is -0.497. The number of benzene rings is 1. The summed E-state index contributed by atoms with van der Waals surface area (Å²) < 4.78 is 18.3. The third-order valence-electron chi connectivity index (χ3n) is 4.12. The van der Waals surface area contributed by atoms with Gasteiger partial charge in [-0.1, -0.05) is 15.9 Å². The molecule has 0 saturated carbocycles. The third kappa shape index (κ3) is 2.75. The highest BCUT2D eigenvalue weighted by Crippen LogP contribution is 2.41. The van der Waals surface area contributed by atoms with Crippen molar-refractivity contribution in [2.45, 2.75) is 44.8 Å². The number of hydrogen-bond donors (Lipinski definition) is 1. The van der Waals surface area contributed by atoms with Crippen molar-refractivity contribution in [1.29, 1.82) is 0 Å². The van der Waals surface area contributed by atoms with Crippen LogP contribution in [0, 0.1) is 0 Å². The summed E-state index contributed by atoms with van der Waals surface area (Å²) in [6, 6.07) is 5.73. The van der Waals surface area contributed by atoms with E-state index in [4.69, 9.17) is 19.8 Å². The van der Waals surface area contributed by atoms with Crippen LogP contribution < -0.4 is 10.5 Å². The van der Waals surface area contributed by atoms with Crippen LogP contribution in [-0.2, 0) is 9.31 Å². The summed E-state index contributed by atoms with van der Waals surface area (Å²) >= 11 is 3.45. The normalized spacial score (nSPS) is 21.9. The van der Waals surface area contributed by atoms with E-state index in [-0.39, 0.29) is 0 Å². The Balaban J connectivity index is 2.29. The van der Waals surface area contributed by atoms with Gasteiger partial charge < -0.3 is 19.8 Å². The van der Waals surface area contributed by atoms with Gasteiger partial charge in [0.1, 0.15) is 5.75 Å². The van der Waals surface area contributed by atoms with Gasteiger partial charge in [-0.2, -0.15) is 0 Å². The topological polar surface area (TPSA) is 53.7 Å². The van der Waals surface area contributed by atoms with Crippen molar-refractivity contribution >= 4 is 23.0 Å². The highest BCUT2D eigenvalue weighted by atomic mass is 79.9. The molecule has 1 fully saturated rings. The fourth-order valence-corrected chi connectivity index (χ4v) is 2.53. The predicted molar refractivity (Wildman–Crippen MR) is 83.7 cm³/mol. The molecule has 20 heavy (non-hydrogen) atoms. The molecule has 1 saturated heterocycles. The molecule has 0 amide bonds. The number of hydrogen-bond acceptors (Lipinski definition) is 4. The quantitative estimate of drug-likeness (QED) is 0.858. The first-order valence-electron chi connectivity index (χ1n) is 6.62. The molecule has 0 unspecified atom stereocenters. The van der Waals surface area contributed by atoms with Gasteiger partial charge in [-0.25, -0.2) is 0 Å². The summed E-state index contributed by atoms with van der Waals surface area (Å²) in [6.07, 6.45) is 0. The molecule has 0 spiro atoms. The summed E-state index contributed by atoms with van der Waals surface area (Å²) in [5.74, 6) is 0.318. The van der Waals surface area contributed by atoms with E-state index in [1.165, 1.54) is 0 Å². The monoisotopic (exact) mass is 341 g/mol. The fraction of sp³-hybridized carbons (Fsp3) is 0.571. The lowest BCUT2D eigenvalue weighted by atomic mass is 9.74. The Morgan fingerprint density at radius 2 is 1.75 bits per heavy atom. The summed E-state index contributed by atoms with van der Waals surface area (Å²) in [5.41, 5.74) is 6.41. The minimum Gasteiger partial charge on any atom is -0.496 e. The zero-order valence-corrected chi connectivity index (χ0v) is 14.2. The highest BCUT2D eigenvalue weighted by Gasteiger charge is 2.53. The number of rotatable bonds is 3. The molecule has 1 heterocycles. The van der Waals surface area contributed by atoms with Gasteiger partial charge in [0.05, 0.1) is 24.3 Å². The molecule has 1 aliphatic heterocycles. The van der Waals surface area contributed by atoms with Gasteiger partial charge in [0.15, 0.2) is 0 Å². The molecular weight excluding hydrogens is 321 g/mol. The molecule has 1 aliphatic rings. The molecule has 0 aromatic heterocycles. The highest BCUT2D eigenvalue weighted by molar-refractivity contribution is 9.10. The Morgan fingerprint density at radius 3 is 2.25 bits per heavy atom. The molecule has 6 heteroatoms. The Kier molecular flexibility index (Phi) is 4.22. The average molecular weight is 342 g/mol. The Labute approximate surface area is 129 Å². The lowest BCUT2D eigenvalue weighted by molar-refractivity contribution is 0.00578. The van der Waals surface area contributed by atoms with Crippen LogP contribution in [0.1, 0.15) is 39.2 Å². The summed E-state index contributed by atoms with van der Waals surface area (Å²) in [7, 11) is 1.13. The van der Waals surface area contributed by atoms with Crippen LogP contribution in [0.5, 0.6) is 5.75 Å². The van der Waals surface area contributed by atoms with Crippen molar-refractivity contribution in [2.24, 2.45) is 5.73 Å². The first-order chi connectivity index (χ1) is 9.18. The van der Waals surface area contributed by atoms with Gasteiger partial charge in [0.2, 0.25) is 0 Å². The van der Waals surface area contributed by atoms with Crippen LogP contribution in [0.25, 0.3) is 0 Å². The number of methoxy groups -OCH3 is 1. The van der Waals surface area contributed by atoms with Crippen molar-refractivity contribution in [3.05, 3.63) is 28.2 Å². The molecule has 0 aliphatic carbocycles. The third-order valence-corrected chi connectivity index (χ3v) is 4.61. The van der Waals surface area contributed by atoms with Gasteiger partial charge in [-0.05, 0) is 45.9 Å². The zero-order valence-electron chi connectivity index (χ0n) is 12.6. The van der Waals surface area contributed by atoms with E-state index in [1.54, 1.807) is 7.11 Å². The molecule has 1 atom stereocenters. The number of ether oxygens (including phenoxy) is 1. The first kappa shape index (κ1) is 15.8. The van der Waals surface area contributed by atoms with Crippen molar-refractivity contribution in [3.63, 3.8) is 0 Å². The van der Waals surface area contributed by atoms with Crippen LogP contribution in [0.15, 0.2) is 22.7 Å². The van der Waals surface area contributed by atoms with E-state index >= 15 is 0 Å². The van der Waals surface area contributed by atoms with E-state index in [9.17, 15) is 0 Å². The molecule has 0 bridgehead atoms. The Hall–Kier alpha value is -0.555. The van der Waals surface area contributed by atoms with Crippen LogP contribution in [0.3, 0.4) is 0 Å². The number of nitrogens with two attached hydrogens (primary N) is 1. The summed E-state index contributed by atoms with van der Waals surface area (Å²) in [5, 5.41) is 0. The average Bonchev–Trinajstić information content (AvgIpc) is 2.57. The van der Waals surface area contributed by atoms with Crippen LogP contribution in [0.4, 0.5) is 0 Å². The maximum absolute atomic E-state index is 6.34. The zero-order chi connectivity index (χ0) is 15.1. The molecule has 1 aromatic rings. The standard InChI is InChI=1S/C14H21BBrNO3/c1-13(2)14(3,4)20-15(19-13)12(17)10-8-9(16)6-7-11(10)18-5/h6-8,12H,17H2,1-5H3/t12-/m1/s1. The second-order valence-electron chi connectivity index (χ2n) is 6.04. The molecule has 4 nitrogen and oxygen atoms in total. The van der Waals surface area contributed by atoms with Crippen molar-refractivity contribution in [3.8, 4) is 5.75 Å². The molecule has 2 N–H and O–H groups in total. The Bertz CT molecular complexity index is 491. The van der Waals surface area contributed by atoms with E-state index in [1.807, 2.05) is 45.9 Å². The fourth-order valence-electron chi connectivity index (χ4n) is 2.15. The van der Waals surface area contributed by atoms with Crippen molar-refractivity contribution in [1.82, 2.24) is 0 Å². The maximum atomic E-state index is 6.34. The van der Waals surface area contributed by atoms with Crippen LogP contribution in [0.2, 0.25) is 0 Å². The summed E-state index contributed by atoms with van der Waals surface area (Å²) in [4.78, 5) is 0. The molecule has 0 radical (unpaired) electrons. The van der Waals surface area contributed by atoms with Gasteiger partial charge in [-0.3, -0.25) is 0 Å². The molecule has 1 aromatic carbocycles. The van der Waals surface area contributed by atoms with Gasteiger partial charge in [0.25, 0.3) is 0 Å². The largest absolute Gasteiger partial charge is 0.496 e. The van der Waals surface area contributed by atoms with E-state index in [2.05, 4.69) is 15.9 Å². The molecular formula is C14H21BBrNO3. The Morgan fingerprint density at radius 1 is 1.20 bits per heavy atom. The predicted octanol–water partition coefficient (Wildman–Crippen LogP) is 3.09. The summed E-state index contributed by atoms with van der Waals surface area (Å²) in [6.45, 7) is 8.05.